The van der Waals surface area contributed by atoms with Crippen LogP contribution in [0.25, 0.3) is 0 Å². The van der Waals surface area contributed by atoms with Crippen LogP contribution in [0, 0.1) is 0 Å². The first-order valence-electron chi connectivity index (χ1n) is 6.05. The van der Waals surface area contributed by atoms with Crippen molar-refractivity contribution in [2.24, 2.45) is 5.73 Å². The highest BCUT2D eigenvalue weighted by Crippen LogP contribution is 2.14. The zero-order valence-electron chi connectivity index (χ0n) is 10.7. The third-order valence-corrected chi connectivity index (χ3v) is 3.59. The Bertz CT molecular complexity index is 639. The maximum atomic E-state index is 11.9. The van der Waals surface area contributed by atoms with Crippen LogP contribution in [0.5, 0.6) is 0 Å². The van der Waals surface area contributed by atoms with Crippen molar-refractivity contribution < 1.29 is 9.59 Å². The van der Waals surface area contributed by atoms with Crippen LogP contribution >= 0.6 is 11.3 Å². The topological polar surface area (TPSA) is 112 Å². The molecule has 20 heavy (non-hydrogen) atoms. The Morgan fingerprint density at radius 2 is 2.15 bits per heavy atom. The Morgan fingerprint density at radius 3 is 2.80 bits per heavy atom. The van der Waals surface area contributed by atoms with E-state index in [9.17, 15) is 9.59 Å². The third-order valence-electron chi connectivity index (χ3n) is 2.71. The Hall–Kier alpha value is -2.28. The smallest absolute Gasteiger partial charge is 0.268 e. The van der Waals surface area contributed by atoms with Gasteiger partial charge in [0.25, 0.3) is 5.91 Å². The fourth-order valence-electron chi connectivity index (χ4n) is 1.72. The highest BCUT2D eigenvalue weighted by atomic mass is 32.1. The van der Waals surface area contributed by atoms with E-state index in [1.54, 1.807) is 12.3 Å². The molecule has 104 valence electrons. The fourth-order valence-corrected chi connectivity index (χ4v) is 2.50. The zero-order chi connectivity index (χ0) is 14.5. The number of nitrogens with two attached hydrogens (primary N) is 2. The zero-order valence-corrected chi connectivity index (χ0v) is 11.5. The van der Waals surface area contributed by atoms with Crippen LogP contribution in [-0.2, 0) is 6.42 Å². The van der Waals surface area contributed by atoms with Crippen LogP contribution in [0.1, 0.15) is 38.7 Å². The van der Waals surface area contributed by atoms with Gasteiger partial charge in [0.1, 0.15) is 11.5 Å². The van der Waals surface area contributed by atoms with Crippen molar-refractivity contribution in [1.29, 1.82) is 0 Å². The van der Waals surface area contributed by atoms with Crippen LogP contribution in [-0.4, -0.2) is 21.7 Å². The van der Waals surface area contributed by atoms with Crippen molar-refractivity contribution in [2.45, 2.75) is 19.3 Å². The molecule has 0 aliphatic rings. The number of thiazole rings is 1. The number of carbonyl (C=O) groups excluding carboxylic acids is 2. The molecule has 2 rings (SSSR count). The van der Waals surface area contributed by atoms with E-state index in [0.717, 1.165) is 23.3 Å². The summed E-state index contributed by atoms with van der Waals surface area (Å²) < 4.78 is 0. The average molecular weight is 290 g/mol. The fraction of sp³-hybridized carbons (Fsp3) is 0.231. The highest BCUT2D eigenvalue weighted by Gasteiger charge is 2.13. The van der Waals surface area contributed by atoms with E-state index < -0.39 is 5.91 Å². The molecule has 2 aromatic rings. The number of rotatable bonds is 6. The molecule has 6 nitrogen and oxygen atoms in total. The first-order chi connectivity index (χ1) is 9.56. The lowest BCUT2D eigenvalue weighted by molar-refractivity contribution is 0.0979. The number of ketones is 1. The molecule has 0 atom stereocenters. The van der Waals surface area contributed by atoms with E-state index in [-0.39, 0.29) is 11.5 Å². The van der Waals surface area contributed by atoms with Crippen molar-refractivity contribution in [3.8, 4) is 0 Å². The Kier molecular flexibility index (Phi) is 4.41. The van der Waals surface area contributed by atoms with E-state index in [4.69, 9.17) is 11.5 Å². The monoisotopic (exact) mass is 290 g/mol. The summed E-state index contributed by atoms with van der Waals surface area (Å²) in [6.45, 7) is 0. The van der Waals surface area contributed by atoms with Gasteiger partial charge >= 0.3 is 0 Å². The second kappa shape index (κ2) is 6.25. The number of hydrogen-bond donors (Lipinski definition) is 2. The predicted molar refractivity (Wildman–Crippen MR) is 76.5 cm³/mol. The minimum atomic E-state index is -0.618. The van der Waals surface area contributed by atoms with Crippen LogP contribution in [0.4, 0.5) is 5.82 Å². The Balaban J connectivity index is 1.87. The van der Waals surface area contributed by atoms with Gasteiger partial charge < -0.3 is 11.5 Å². The van der Waals surface area contributed by atoms with Gasteiger partial charge in [0.2, 0.25) is 0 Å². The summed E-state index contributed by atoms with van der Waals surface area (Å²) in [5, 5.41) is 1.83. The molecule has 0 aliphatic carbocycles. The van der Waals surface area contributed by atoms with Gasteiger partial charge in [-0.3, -0.25) is 9.59 Å². The van der Waals surface area contributed by atoms with Crippen molar-refractivity contribution in [3.63, 3.8) is 0 Å². The van der Waals surface area contributed by atoms with Gasteiger partial charge in [-0.15, -0.1) is 11.3 Å². The minimum Gasteiger partial charge on any atom is -0.384 e. The molecule has 0 saturated heterocycles. The summed E-state index contributed by atoms with van der Waals surface area (Å²) in [4.78, 5) is 30.6. The van der Waals surface area contributed by atoms with Gasteiger partial charge in [-0.1, -0.05) is 0 Å². The molecule has 4 N–H and O–H groups in total. The van der Waals surface area contributed by atoms with Gasteiger partial charge in [0.05, 0.1) is 0 Å². The first-order valence-corrected chi connectivity index (χ1v) is 6.93. The van der Waals surface area contributed by atoms with Crippen LogP contribution < -0.4 is 11.5 Å². The molecule has 0 aliphatic heterocycles. The number of carbonyl (C=O) groups is 2. The van der Waals surface area contributed by atoms with Crippen LogP contribution in [0.3, 0.4) is 0 Å². The van der Waals surface area contributed by atoms with Crippen molar-refractivity contribution in [3.05, 3.63) is 40.0 Å². The summed E-state index contributed by atoms with van der Waals surface area (Å²) in [5.74, 6) is -0.225. The molecule has 0 aromatic carbocycles. The van der Waals surface area contributed by atoms with Crippen LogP contribution in [0.15, 0.2) is 23.7 Å². The molecule has 1 amide bonds. The molecule has 0 fully saturated rings. The summed E-state index contributed by atoms with van der Waals surface area (Å²) >= 11 is 1.14. The largest absolute Gasteiger partial charge is 0.384 e. The third kappa shape index (κ3) is 3.61. The molecule has 0 radical (unpaired) electrons. The van der Waals surface area contributed by atoms with Gasteiger partial charge in [-0.25, -0.2) is 9.97 Å². The maximum Gasteiger partial charge on any atom is 0.268 e. The molecule has 7 heteroatoms. The minimum absolute atomic E-state index is 0.0791. The van der Waals surface area contributed by atoms with E-state index in [1.165, 1.54) is 5.38 Å². The van der Waals surface area contributed by atoms with E-state index >= 15 is 0 Å². The summed E-state index contributed by atoms with van der Waals surface area (Å²) in [5.41, 5.74) is 11.9. The number of nitrogens with zero attached hydrogens (tertiary/aromatic N) is 2. The molecule has 2 aromatic heterocycles. The number of pyridine rings is 1. The predicted octanol–water partition coefficient (Wildman–Crippen LogP) is 1.42. The number of nitrogen functional groups attached to an aromatic ring is 1. The second-order valence-electron chi connectivity index (χ2n) is 4.27. The van der Waals surface area contributed by atoms with E-state index in [2.05, 4.69) is 9.97 Å². The molecule has 0 bridgehead atoms. The SMILES string of the molecule is NC(=O)c1csc(C(=O)CCCc2ccnc(N)c2)n1. The van der Waals surface area contributed by atoms with Gasteiger partial charge in [0.15, 0.2) is 10.8 Å². The van der Waals surface area contributed by atoms with Crippen molar-refractivity contribution >= 4 is 28.8 Å². The van der Waals surface area contributed by atoms with Crippen molar-refractivity contribution in [2.75, 3.05) is 5.73 Å². The summed E-state index contributed by atoms with van der Waals surface area (Å²) in [7, 11) is 0. The molecular formula is C13H14N4O2S. The highest BCUT2D eigenvalue weighted by molar-refractivity contribution is 7.11. The van der Waals surface area contributed by atoms with E-state index in [0.29, 0.717) is 23.7 Å². The lowest BCUT2D eigenvalue weighted by Gasteiger charge is -2.01. The Labute approximate surface area is 119 Å². The van der Waals surface area contributed by atoms with Crippen molar-refractivity contribution in [1.82, 2.24) is 9.97 Å². The number of Topliss-reactive ketones (excluding diaryl/α,β-unsaturated/α-hetero) is 1. The molecule has 0 saturated carbocycles. The second-order valence-corrected chi connectivity index (χ2v) is 5.13. The number of aromatic nitrogens is 2. The number of hydrogen-bond acceptors (Lipinski definition) is 6. The lowest BCUT2D eigenvalue weighted by atomic mass is 10.1. The van der Waals surface area contributed by atoms with Gasteiger partial charge in [-0.05, 0) is 30.5 Å². The summed E-state index contributed by atoms with van der Waals surface area (Å²) in [6, 6.07) is 3.66. The number of primary amides is 1. The number of anilines is 1. The summed E-state index contributed by atoms with van der Waals surface area (Å²) in [6.07, 6.45) is 3.45. The van der Waals surface area contributed by atoms with E-state index in [1.807, 2.05) is 6.07 Å². The normalized spacial score (nSPS) is 10.4. The van der Waals surface area contributed by atoms with Gasteiger partial charge in [0, 0.05) is 18.0 Å². The maximum absolute atomic E-state index is 11.9. The molecule has 2 heterocycles. The molecular weight excluding hydrogens is 276 g/mol. The Morgan fingerprint density at radius 1 is 1.35 bits per heavy atom. The first kappa shape index (κ1) is 14.1. The standard InChI is InChI=1S/C13H14N4O2S/c14-11-6-8(4-5-16-11)2-1-3-10(18)13-17-9(7-20-13)12(15)19/h4-7H,1-3H2,(H2,14,16)(H2,15,19). The number of aryl methyl sites for hydroxylation is 1. The lowest BCUT2D eigenvalue weighted by Crippen LogP contribution is -2.11. The quantitative estimate of drug-likeness (QED) is 0.781. The molecule has 0 unspecified atom stereocenters. The van der Waals surface area contributed by atoms with Gasteiger partial charge in [-0.2, -0.15) is 0 Å². The average Bonchev–Trinajstić information content (AvgIpc) is 2.88. The molecule has 0 spiro atoms. The number of amides is 1. The van der Waals surface area contributed by atoms with Crippen LogP contribution in [0.2, 0.25) is 0 Å².